The van der Waals surface area contributed by atoms with E-state index < -0.39 is 11.9 Å². The summed E-state index contributed by atoms with van der Waals surface area (Å²) in [5.74, 6) is -1.16. The number of rotatable bonds is 8. The van der Waals surface area contributed by atoms with E-state index in [1.165, 1.54) is 12.1 Å². The van der Waals surface area contributed by atoms with Crippen molar-refractivity contribution in [2.45, 2.75) is 71.5 Å². The molecule has 2 aliphatic rings. The molecule has 222 valence electrons. The Labute approximate surface area is 245 Å². The minimum atomic E-state index is -0.518. The average molecular weight is 576 g/mol. The molecule has 2 fully saturated rings. The molecule has 9 nitrogen and oxygen atoms in total. The number of likely N-dealkylation sites (tertiary alicyclic amines) is 2. The van der Waals surface area contributed by atoms with Crippen molar-refractivity contribution < 1.29 is 23.6 Å². The molecule has 0 saturated carbocycles. The number of nitrogens with zero attached hydrogens (tertiary/aromatic N) is 5. The lowest BCUT2D eigenvalue weighted by molar-refractivity contribution is -0.140. The van der Waals surface area contributed by atoms with Crippen LogP contribution in [0, 0.1) is 11.7 Å². The first-order valence-corrected chi connectivity index (χ1v) is 14.7. The van der Waals surface area contributed by atoms with E-state index in [9.17, 15) is 23.6 Å². The zero-order chi connectivity index (χ0) is 30.1. The van der Waals surface area contributed by atoms with Crippen LogP contribution in [0.15, 0.2) is 42.9 Å². The molecule has 0 N–H and O–H groups in total. The van der Waals surface area contributed by atoms with Crippen molar-refractivity contribution in [3.8, 4) is 5.69 Å². The summed E-state index contributed by atoms with van der Waals surface area (Å²) in [7, 11) is 0. The Hall–Kier alpha value is -4.08. The van der Waals surface area contributed by atoms with Gasteiger partial charge in [-0.25, -0.2) is 4.39 Å². The van der Waals surface area contributed by atoms with Gasteiger partial charge in [0.1, 0.15) is 11.9 Å². The number of amides is 3. The Morgan fingerprint density at radius 1 is 1.00 bits per heavy atom. The molecule has 5 rings (SSSR count). The molecule has 0 bridgehead atoms. The number of carbonyl (C=O) groups is 4. The summed E-state index contributed by atoms with van der Waals surface area (Å²) >= 11 is 0. The summed E-state index contributed by atoms with van der Waals surface area (Å²) in [5, 5.41) is 0.702. The second-order valence-corrected chi connectivity index (χ2v) is 11.8. The zero-order valence-electron chi connectivity index (χ0n) is 24.6. The topological polar surface area (TPSA) is 95.8 Å². The monoisotopic (exact) mass is 575 g/mol. The smallest absolute Gasteiger partial charge is 0.256 e. The van der Waals surface area contributed by atoms with E-state index in [1.54, 1.807) is 50.0 Å². The Morgan fingerprint density at radius 2 is 1.71 bits per heavy atom. The molecule has 1 atom stereocenters. The van der Waals surface area contributed by atoms with Gasteiger partial charge in [0.15, 0.2) is 5.78 Å². The Morgan fingerprint density at radius 3 is 2.38 bits per heavy atom. The number of hydrogen-bond acceptors (Lipinski definition) is 5. The number of Topliss-reactive ketones (excluding diaryl/α,β-unsaturated/α-hetero) is 1. The van der Waals surface area contributed by atoms with Crippen LogP contribution in [0.25, 0.3) is 16.6 Å². The first-order valence-electron chi connectivity index (χ1n) is 14.7. The van der Waals surface area contributed by atoms with Crippen molar-refractivity contribution in [3.05, 3.63) is 59.8 Å². The lowest BCUT2D eigenvalue weighted by atomic mass is 9.88. The second-order valence-electron chi connectivity index (χ2n) is 11.8. The normalized spacial score (nSPS) is 17.8. The number of hydrogen-bond donors (Lipinski definition) is 0. The first kappa shape index (κ1) is 29.4. The third-order valence-corrected chi connectivity index (χ3v) is 8.56. The van der Waals surface area contributed by atoms with Gasteiger partial charge in [-0.2, -0.15) is 0 Å². The summed E-state index contributed by atoms with van der Waals surface area (Å²) in [4.78, 5) is 61.4. The fourth-order valence-electron chi connectivity index (χ4n) is 6.54. The van der Waals surface area contributed by atoms with Gasteiger partial charge < -0.3 is 19.3 Å². The van der Waals surface area contributed by atoms with Gasteiger partial charge in [0.05, 0.1) is 23.0 Å². The fourth-order valence-corrected chi connectivity index (χ4v) is 6.54. The summed E-state index contributed by atoms with van der Waals surface area (Å²) < 4.78 is 16.3. The SMILES string of the molecule is CC(C)N(C(=O)c1cc(F)ccc1-n1cc(C(=O)C2CCN(C(=O)C3CCCN3C=O)CC2)c2ccncc21)C(C)C. The number of benzene rings is 1. The summed E-state index contributed by atoms with van der Waals surface area (Å²) in [6, 6.07) is 5.32. The molecule has 10 heteroatoms. The second kappa shape index (κ2) is 12.0. The van der Waals surface area contributed by atoms with E-state index in [-0.39, 0.29) is 41.2 Å². The van der Waals surface area contributed by atoms with E-state index >= 15 is 0 Å². The molecule has 4 heterocycles. The van der Waals surface area contributed by atoms with Gasteiger partial charge in [0, 0.05) is 61.0 Å². The number of halogens is 1. The van der Waals surface area contributed by atoms with E-state index in [4.69, 9.17) is 0 Å². The van der Waals surface area contributed by atoms with Crippen LogP contribution in [-0.4, -0.2) is 86.0 Å². The number of fused-ring (bicyclic) bond motifs is 1. The van der Waals surface area contributed by atoms with Crippen LogP contribution < -0.4 is 0 Å². The molecule has 1 unspecified atom stereocenters. The Bertz CT molecular complexity index is 1500. The van der Waals surface area contributed by atoms with Crippen molar-refractivity contribution >= 4 is 34.9 Å². The van der Waals surface area contributed by atoms with Crippen LogP contribution in [0.4, 0.5) is 4.39 Å². The summed E-state index contributed by atoms with van der Waals surface area (Å²) in [5.41, 5.74) is 1.83. The van der Waals surface area contributed by atoms with Crippen LogP contribution in [0.5, 0.6) is 0 Å². The van der Waals surface area contributed by atoms with Gasteiger partial charge >= 0.3 is 0 Å². The van der Waals surface area contributed by atoms with Gasteiger partial charge in [-0.1, -0.05) is 0 Å². The molecular formula is C32H38FN5O4. The van der Waals surface area contributed by atoms with Crippen molar-refractivity contribution in [1.82, 2.24) is 24.3 Å². The van der Waals surface area contributed by atoms with Crippen LogP contribution in [0.2, 0.25) is 0 Å². The maximum absolute atomic E-state index is 14.5. The molecule has 3 amide bonds. The highest BCUT2D eigenvalue weighted by atomic mass is 19.1. The van der Waals surface area contributed by atoms with Crippen LogP contribution in [0.3, 0.4) is 0 Å². The predicted octanol–water partition coefficient (Wildman–Crippen LogP) is 4.47. The van der Waals surface area contributed by atoms with Gasteiger partial charge in [0.25, 0.3) is 5.91 Å². The quantitative estimate of drug-likeness (QED) is 0.292. The van der Waals surface area contributed by atoms with E-state index in [2.05, 4.69) is 4.98 Å². The third kappa shape index (κ3) is 5.42. The minimum absolute atomic E-state index is 0.0339. The molecule has 3 aromatic rings. The van der Waals surface area contributed by atoms with Crippen LogP contribution >= 0.6 is 0 Å². The van der Waals surface area contributed by atoms with Crippen LogP contribution in [-0.2, 0) is 9.59 Å². The van der Waals surface area contributed by atoms with Gasteiger partial charge in [-0.05, 0) is 77.6 Å². The lowest BCUT2D eigenvalue weighted by Gasteiger charge is -2.34. The minimum Gasteiger partial charge on any atom is -0.341 e. The summed E-state index contributed by atoms with van der Waals surface area (Å²) in [6.45, 7) is 9.20. The molecule has 0 radical (unpaired) electrons. The maximum atomic E-state index is 14.5. The fraction of sp³-hybridized carbons (Fsp3) is 0.469. The Kier molecular flexibility index (Phi) is 8.43. The lowest BCUT2D eigenvalue weighted by Crippen LogP contribution is -2.48. The number of carbonyl (C=O) groups excluding carboxylic acids is 4. The van der Waals surface area contributed by atoms with Gasteiger partial charge in [-0.3, -0.25) is 24.2 Å². The molecule has 0 spiro atoms. The van der Waals surface area contributed by atoms with E-state index in [0.29, 0.717) is 61.1 Å². The van der Waals surface area contributed by atoms with E-state index in [1.807, 2.05) is 27.7 Å². The predicted molar refractivity (Wildman–Crippen MR) is 157 cm³/mol. The maximum Gasteiger partial charge on any atom is 0.256 e. The molecule has 2 saturated heterocycles. The van der Waals surface area contributed by atoms with Crippen molar-refractivity contribution in [2.75, 3.05) is 19.6 Å². The zero-order valence-corrected chi connectivity index (χ0v) is 24.6. The third-order valence-electron chi connectivity index (χ3n) is 8.56. The van der Waals surface area contributed by atoms with Crippen molar-refractivity contribution in [1.29, 1.82) is 0 Å². The van der Waals surface area contributed by atoms with Crippen molar-refractivity contribution in [2.24, 2.45) is 5.92 Å². The van der Waals surface area contributed by atoms with E-state index in [0.717, 1.165) is 12.8 Å². The van der Waals surface area contributed by atoms with Crippen molar-refractivity contribution in [3.63, 3.8) is 0 Å². The largest absolute Gasteiger partial charge is 0.341 e. The molecule has 0 aliphatic carbocycles. The number of pyridine rings is 1. The number of aromatic nitrogens is 2. The molecule has 1 aromatic carbocycles. The Balaban J connectivity index is 1.44. The standard InChI is InChI=1S/C32H38FN5O4/c1-20(2)38(21(3)4)31(41)25-16-23(33)7-8-27(25)37-18-26(24-9-12-34-17-29(24)37)30(40)22-10-14-35(15-11-22)32(42)28-6-5-13-36(28)19-39/h7-9,12,16-22,28H,5-6,10-11,13-15H2,1-4H3. The molecular weight excluding hydrogens is 537 g/mol. The highest BCUT2D eigenvalue weighted by Crippen LogP contribution is 2.32. The average Bonchev–Trinajstić information content (AvgIpc) is 3.61. The molecule has 2 aromatic heterocycles. The highest BCUT2D eigenvalue weighted by molar-refractivity contribution is 6.10. The molecule has 42 heavy (non-hydrogen) atoms. The number of piperidine rings is 1. The summed E-state index contributed by atoms with van der Waals surface area (Å²) in [6.07, 6.45) is 8.28. The number of ketones is 1. The van der Waals surface area contributed by atoms with Crippen LogP contribution in [0.1, 0.15) is 74.1 Å². The highest BCUT2D eigenvalue weighted by Gasteiger charge is 2.36. The first-order chi connectivity index (χ1) is 20.1. The van der Waals surface area contributed by atoms with Gasteiger partial charge in [0.2, 0.25) is 12.3 Å². The van der Waals surface area contributed by atoms with Gasteiger partial charge in [-0.15, -0.1) is 0 Å². The molecule has 2 aliphatic heterocycles.